The fraction of sp³-hybridized carbons (Fsp3) is 0.0345. The first kappa shape index (κ1) is 35.1. The minimum Gasteiger partial charge on any atom is -0.455 e. The highest BCUT2D eigenvalue weighted by Crippen LogP contribution is 2.55. The molecule has 1 unspecified atom stereocenters. The Balaban J connectivity index is 1.03. The van der Waals surface area contributed by atoms with E-state index in [9.17, 15) is 0 Å². The normalized spacial score (nSPS) is 14.4. The predicted octanol–water partition coefficient (Wildman–Crippen LogP) is 15.2. The van der Waals surface area contributed by atoms with Gasteiger partial charge in [0.15, 0.2) is 5.82 Å². The minimum atomic E-state index is -0.315. The predicted molar refractivity (Wildman–Crippen MR) is 251 cm³/mol. The van der Waals surface area contributed by atoms with Gasteiger partial charge in [0.2, 0.25) is 0 Å². The van der Waals surface area contributed by atoms with Crippen molar-refractivity contribution in [2.45, 2.75) is 12.3 Å². The van der Waals surface area contributed by atoms with Crippen LogP contribution in [-0.2, 0) is 5.41 Å². The van der Waals surface area contributed by atoms with Gasteiger partial charge in [0.1, 0.15) is 11.2 Å². The third-order valence-corrected chi connectivity index (χ3v) is 12.8. The third kappa shape index (κ3) is 5.58. The summed E-state index contributed by atoms with van der Waals surface area (Å²) in [6, 6.07) is 75.7. The van der Waals surface area contributed by atoms with E-state index in [1.807, 2.05) is 6.07 Å². The molecular weight excluding hydrogens is 741 g/mol. The lowest BCUT2D eigenvalue weighted by Crippen LogP contribution is -2.22. The molecule has 0 saturated heterocycles. The molecule has 2 heterocycles. The lowest BCUT2D eigenvalue weighted by molar-refractivity contribution is 0.673. The Bertz CT molecular complexity index is 3480. The molecule has 0 aliphatic heterocycles. The van der Waals surface area contributed by atoms with E-state index >= 15 is 0 Å². The van der Waals surface area contributed by atoms with Crippen molar-refractivity contribution in [3.63, 3.8) is 0 Å². The molecule has 286 valence electrons. The van der Waals surface area contributed by atoms with Gasteiger partial charge in [0, 0.05) is 38.3 Å². The van der Waals surface area contributed by atoms with Crippen LogP contribution in [0.25, 0.3) is 100.0 Å². The van der Waals surface area contributed by atoms with Crippen molar-refractivity contribution in [3.05, 3.63) is 229 Å². The lowest BCUT2D eigenvalue weighted by atomic mass is 9.74. The van der Waals surface area contributed by atoms with E-state index in [1.54, 1.807) is 0 Å². The van der Waals surface area contributed by atoms with Gasteiger partial charge in [0.05, 0.1) is 11.4 Å². The topological polar surface area (TPSA) is 38.9 Å². The van der Waals surface area contributed by atoms with Gasteiger partial charge in [-0.25, -0.2) is 9.97 Å². The summed E-state index contributed by atoms with van der Waals surface area (Å²) in [5.41, 5.74) is 17.2. The molecule has 0 radical (unpaired) electrons. The van der Waals surface area contributed by atoms with Gasteiger partial charge in [-0.05, 0) is 92.7 Å². The van der Waals surface area contributed by atoms with Gasteiger partial charge in [-0.3, -0.25) is 0 Å². The number of hydrogen-bond donors (Lipinski definition) is 0. The Morgan fingerprint density at radius 1 is 0.410 bits per heavy atom. The molecule has 0 amide bonds. The Labute approximate surface area is 354 Å². The molecule has 1 atom stereocenters. The number of rotatable bonds is 6. The number of fused-ring (bicyclic) bond motifs is 8. The van der Waals surface area contributed by atoms with Gasteiger partial charge < -0.3 is 4.42 Å². The SMILES string of the molecule is CC1(c2ccccc2)c2ccccc2-c2c(-c3cc(-c4cccc(-c5cccc6oc7c8cc(-c9ccccc9)ccc8ccc7c56)c4)nc(-c4ccccc4)n3)cccc21. The first-order valence-electron chi connectivity index (χ1n) is 20.9. The second kappa shape index (κ2) is 13.9. The minimum absolute atomic E-state index is 0.315. The standard InChI is InChI=1S/C58H38N2O/c1-58(43-22-9-4-10-23-43)49-27-12-11-24-45(49)54-46(26-14-28-50(54)58)52-36-51(59-57(60-52)39-18-7-3-8-19-39)42-21-13-20-41(34-42)44-25-15-29-53-55(44)47-33-32-38-30-31-40(35-48(38)56(47)61-53)37-16-5-2-6-17-37/h2-36H,1H3. The molecular formula is C58H38N2O. The highest BCUT2D eigenvalue weighted by molar-refractivity contribution is 6.19. The van der Waals surface area contributed by atoms with E-state index in [0.29, 0.717) is 5.82 Å². The van der Waals surface area contributed by atoms with Gasteiger partial charge in [0.25, 0.3) is 0 Å². The number of nitrogens with zero attached hydrogens (tertiary/aromatic N) is 2. The highest BCUT2D eigenvalue weighted by atomic mass is 16.3. The van der Waals surface area contributed by atoms with Crippen LogP contribution in [0.5, 0.6) is 0 Å². The molecule has 0 spiro atoms. The first-order valence-corrected chi connectivity index (χ1v) is 20.9. The van der Waals surface area contributed by atoms with Crippen molar-refractivity contribution >= 4 is 32.7 Å². The van der Waals surface area contributed by atoms with E-state index in [-0.39, 0.29) is 5.41 Å². The molecule has 3 nitrogen and oxygen atoms in total. The molecule has 12 rings (SSSR count). The average molecular weight is 779 g/mol. The van der Waals surface area contributed by atoms with Crippen molar-refractivity contribution in [1.82, 2.24) is 9.97 Å². The summed E-state index contributed by atoms with van der Waals surface area (Å²) < 4.78 is 6.75. The van der Waals surface area contributed by atoms with Crippen molar-refractivity contribution in [3.8, 4) is 67.3 Å². The van der Waals surface area contributed by atoms with Crippen LogP contribution in [0.3, 0.4) is 0 Å². The van der Waals surface area contributed by atoms with Crippen LogP contribution < -0.4 is 0 Å². The average Bonchev–Trinajstić information content (AvgIpc) is 3.86. The van der Waals surface area contributed by atoms with Crippen LogP contribution in [0.2, 0.25) is 0 Å². The molecule has 3 heteroatoms. The van der Waals surface area contributed by atoms with E-state index in [0.717, 1.165) is 71.9 Å². The summed E-state index contributed by atoms with van der Waals surface area (Å²) in [6.45, 7) is 2.36. The summed E-state index contributed by atoms with van der Waals surface area (Å²) in [7, 11) is 0. The Morgan fingerprint density at radius 2 is 1.03 bits per heavy atom. The fourth-order valence-electron chi connectivity index (χ4n) is 9.79. The van der Waals surface area contributed by atoms with Crippen molar-refractivity contribution in [2.75, 3.05) is 0 Å². The molecule has 0 bridgehead atoms. The maximum absolute atomic E-state index is 6.75. The Hall–Kier alpha value is -7.88. The number of aromatic nitrogens is 2. The summed E-state index contributed by atoms with van der Waals surface area (Å²) in [5, 5.41) is 4.47. The number of furan rings is 1. The number of hydrogen-bond acceptors (Lipinski definition) is 3. The van der Waals surface area contributed by atoms with Gasteiger partial charge in [-0.15, -0.1) is 0 Å². The Kier molecular flexibility index (Phi) is 7.98. The summed E-state index contributed by atoms with van der Waals surface area (Å²) in [6.07, 6.45) is 0. The van der Waals surface area contributed by atoms with Crippen LogP contribution in [0.15, 0.2) is 217 Å². The van der Waals surface area contributed by atoms with E-state index < -0.39 is 0 Å². The molecule has 1 aliphatic rings. The van der Waals surface area contributed by atoms with E-state index in [2.05, 4.69) is 213 Å². The van der Waals surface area contributed by atoms with E-state index in [4.69, 9.17) is 14.4 Å². The van der Waals surface area contributed by atoms with Crippen LogP contribution in [0.1, 0.15) is 23.6 Å². The Morgan fingerprint density at radius 3 is 1.87 bits per heavy atom. The fourth-order valence-corrected chi connectivity index (χ4v) is 9.79. The van der Waals surface area contributed by atoms with Crippen molar-refractivity contribution < 1.29 is 4.42 Å². The van der Waals surface area contributed by atoms with Crippen molar-refractivity contribution in [1.29, 1.82) is 0 Å². The largest absolute Gasteiger partial charge is 0.455 e. The highest BCUT2D eigenvalue weighted by Gasteiger charge is 2.41. The summed E-state index contributed by atoms with van der Waals surface area (Å²) in [4.78, 5) is 10.6. The zero-order valence-electron chi connectivity index (χ0n) is 33.5. The molecule has 0 N–H and O–H groups in total. The third-order valence-electron chi connectivity index (χ3n) is 12.8. The molecule has 0 saturated carbocycles. The van der Waals surface area contributed by atoms with Crippen LogP contribution in [-0.4, -0.2) is 9.97 Å². The van der Waals surface area contributed by atoms with Crippen LogP contribution >= 0.6 is 0 Å². The van der Waals surface area contributed by atoms with Gasteiger partial charge >= 0.3 is 0 Å². The number of benzene rings is 9. The summed E-state index contributed by atoms with van der Waals surface area (Å²) >= 11 is 0. The lowest BCUT2D eigenvalue weighted by Gasteiger charge is -2.28. The van der Waals surface area contributed by atoms with Crippen LogP contribution in [0.4, 0.5) is 0 Å². The molecule has 1 aliphatic carbocycles. The zero-order chi connectivity index (χ0) is 40.5. The molecule has 2 aromatic heterocycles. The van der Waals surface area contributed by atoms with E-state index in [1.165, 1.54) is 38.9 Å². The second-order valence-electron chi connectivity index (χ2n) is 16.2. The molecule has 11 aromatic rings. The first-order chi connectivity index (χ1) is 30.1. The maximum Gasteiger partial charge on any atom is 0.160 e. The smallest absolute Gasteiger partial charge is 0.160 e. The van der Waals surface area contributed by atoms with Crippen molar-refractivity contribution in [2.24, 2.45) is 0 Å². The summed E-state index contributed by atoms with van der Waals surface area (Å²) in [5.74, 6) is 0.692. The molecule has 0 fully saturated rings. The monoisotopic (exact) mass is 778 g/mol. The molecule has 61 heavy (non-hydrogen) atoms. The van der Waals surface area contributed by atoms with Gasteiger partial charge in [-0.2, -0.15) is 0 Å². The quantitative estimate of drug-likeness (QED) is 0.169. The molecule has 9 aromatic carbocycles. The van der Waals surface area contributed by atoms with Gasteiger partial charge in [-0.1, -0.05) is 182 Å². The van der Waals surface area contributed by atoms with Crippen LogP contribution in [0, 0.1) is 0 Å². The second-order valence-corrected chi connectivity index (χ2v) is 16.2. The zero-order valence-corrected chi connectivity index (χ0v) is 33.5. The maximum atomic E-state index is 6.75.